The van der Waals surface area contributed by atoms with E-state index in [1.165, 1.54) is 0 Å². The van der Waals surface area contributed by atoms with Crippen LogP contribution in [0, 0.1) is 6.92 Å². The molecule has 1 N–H and O–H groups in total. The van der Waals surface area contributed by atoms with Gasteiger partial charge in [0.05, 0.1) is 6.54 Å². The van der Waals surface area contributed by atoms with Crippen molar-refractivity contribution in [3.63, 3.8) is 0 Å². The van der Waals surface area contributed by atoms with E-state index < -0.39 is 0 Å². The molecule has 0 aromatic carbocycles. The number of aryl methyl sites for hydroxylation is 1. The number of rotatable bonds is 4. The van der Waals surface area contributed by atoms with E-state index in [0.29, 0.717) is 6.04 Å². The fraction of sp³-hybridized carbons (Fsp3) is 0.800. The quantitative estimate of drug-likeness (QED) is 0.753. The van der Waals surface area contributed by atoms with Crippen LogP contribution in [0.15, 0.2) is 0 Å². The van der Waals surface area contributed by atoms with Gasteiger partial charge in [0.1, 0.15) is 11.6 Å². The second kappa shape index (κ2) is 4.28. The van der Waals surface area contributed by atoms with Gasteiger partial charge in [-0.1, -0.05) is 6.92 Å². The summed E-state index contributed by atoms with van der Waals surface area (Å²) in [6.45, 7) is 8.35. The Morgan fingerprint density at radius 1 is 1.47 bits per heavy atom. The first-order valence-electron chi connectivity index (χ1n) is 5.52. The van der Waals surface area contributed by atoms with Gasteiger partial charge in [-0.15, -0.1) is 10.2 Å². The first-order valence-corrected chi connectivity index (χ1v) is 5.52. The van der Waals surface area contributed by atoms with Gasteiger partial charge in [-0.2, -0.15) is 0 Å². The molecule has 0 atom stereocenters. The van der Waals surface area contributed by atoms with Crippen molar-refractivity contribution in [3.05, 3.63) is 11.6 Å². The average Bonchev–Trinajstić information content (AvgIpc) is 2.45. The first-order chi connectivity index (χ1) is 7.22. The SMILES string of the molecule is CCN(Cc1nnc(C)n1C)C1CNC1. The maximum atomic E-state index is 4.19. The second-order valence-electron chi connectivity index (χ2n) is 4.10. The predicted octanol–water partition coefficient (Wildman–Crippen LogP) is -0.0828. The van der Waals surface area contributed by atoms with Gasteiger partial charge in [0, 0.05) is 26.2 Å². The topological polar surface area (TPSA) is 46.0 Å². The van der Waals surface area contributed by atoms with Crippen molar-refractivity contribution in [3.8, 4) is 0 Å². The zero-order valence-electron chi connectivity index (χ0n) is 9.69. The zero-order valence-corrected chi connectivity index (χ0v) is 9.69. The van der Waals surface area contributed by atoms with Crippen LogP contribution in [-0.4, -0.2) is 45.3 Å². The predicted molar refractivity (Wildman–Crippen MR) is 58.5 cm³/mol. The minimum absolute atomic E-state index is 0.673. The summed E-state index contributed by atoms with van der Waals surface area (Å²) in [7, 11) is 2.03. The second-order valence-corrected chi connectivity index (χ2v) is 4.10. The molecule has 1 aliphatic rings. The smallest absolute Gasteiger partial charge is 0.146 e. The van der Waals surface area contributed by atoms with Gasteiger partial charge in [0.15, 0.2) is 0 Å². The minimum Gasteiger partial charge on any atom is -0.317 e. The van der Waals surface area contributed by atoms with Crippen molar-refractivity contribution in [1.29, 1.82) is 0 Å². The number of likely N-dealkylation sites (N-methyl/N-ethyl adjacent to an activating group) is 1. The van der Waals surface area contributed by atoms with Gasteiger partial charge in [0.2, 0.25) is 0 Å². The van der Waals surface area contributed by atoms with E-state index in [-0.39, 0.29) is 0 Å². The fourth-order valence-corrected chi connectivity index (χ4v) is 1.80. The number of nitrogens with one attached hydrogen (secondary N) is 1. The Labute approximate surface area is 90.5 Å². The molecule has 84 valence electrons. The summed E-state index contributed by atoms with van der Waals surface area (Å²) < 4.78 is 2.06. The molecule has 0 radical (unpaired) electrons. The zero-order chi connectivity index (χ0) is 10.8. The molecular weight excluding hydrogens is 190 g/mol. The lowest BCUT2D eigenvalue weighted by atomic mass is 10.1. The van der Waals surface area contributed by atoms with Gasteiger partial charge >= 0.3 is 0 Å². The maximum Gasteiger partial charge on any atom is 0.146 e. The molecule has 0 bridgehead atoms. The molecule has 2 heterocycles. The van der Waals surface area contributed by atoms with Crippen LogP contribution in [0.2, 0.25) is 0 Å². The van der Waals surface area contributed by atoms with Crippen molar-refractivity contribution in [2.75, 3.05) is 19.6 Å². The van der Waals surface area contributed by atoms with E-state index in [1.807, 2.05) is 14.0 Å². The highest BCUT2D eigenvalue weighted by molar-refractivity contribution is 4.94. The number of hydrogen-bond acceptors (Lipinski definition) is 4. The molecule has 0 spiro atoms. The van der Waals surface area contributed by atoms with Crippen LogP contribution in [-0.2, 0) is 13.6 Å². The third-order valence-corrected chi connectivity index (χ3v) is 3.21. The molecule has 1 fully saturated rings. The fourth-order valence-electron chi connectivity index (χ4n) is 1.80. The highest BCUT2D eigenvalue weighted by Gasteiger charge is 2.24. The summed E-state index contributed by atoms with van der Waals surface area (Å²) >= 11 is 0. The Kier molecular flexibility index (Phi) is 3.02. The van der Waals surface area contributed by atoms with E-state index in [0.717, 1.165) is 37.8 Å². The van der Waals surface area contributed by atoms with Gasteiger partial charge in [0.25, 0.3) is 0 Å². The molecule has 1 aromatic heterocycles. The van der Waals surface area contributed by atoms with Crippen LogP contribution < -0.4 is 5.32 Å². The molecule has 2 rings (SSSR count). The third kappa shape index (κ3) is 2.03. The van der Waals surface area contributed by atoms with Gasteiger partial charge in [-0.25, -0.2) is 0 Å². The molecule has 0 amide bonds. The lowest BCUT2D eigenvalue weighted by Crippen LogP contribution is -2.56. The van der Waals surface area contributed by atoms with Crippen molar-refractivity contribution in [1.82, 2.24) is 25.0 Å². The molecule has 1 aromatic rings. The normalized spacial score (nSPS) is 17.1. The van der Waals surface area contributed by atoms with Crippen LogP contribution in [0.25, 0.3) is 0 Å². The average molecular weight is 209 g/mol. The maximum absolute atomic E-state index is 4.19. The molecule has 1 saturated heterocycles. The molecule has 5 heteroatoms. The van der Waals surface area contributed by atoms with E-state index in [1.54, 1.807) is 0 Å². The van der Waals surface area contributed by atoms with E-state index in [2.05, 4.69) is 31.9 Å². The third-order valence-electron chi connectivity index (χ3n) is 3.21. The largest absolute Gasteiger partial charge is 0.317 e. The van der Waals surface area contributed by atoms with Crippen molar-refractivity contribution >= 4 is 0 Å². The van der Waals surface area contributed by atoms with Crippen LogP contribution in [0.5, 0.6) is 0 Å². The monoisotopic (exact) mass is 209 g/mol. The first kappa shape index (κ1) is 10.6. The Bertz CT molecular complexity index is 329. The Morgan fingerprint density at radius 2 is 2.20 bits per heavy atom. The van der Waals surface area contributed by atoms with Crippen molar-refractivity contribution < 1.29 is 0 Å². The molecule has 5 nitrogen and oxygen atoms in total. The number of aromatic nitrogens is 3. The Balaban J connectivity index is 2.02. The van der Waals surface area contributed by atoms with Crippen molar-refractivity contribution in [2.24, 2.45) is 7.05 Å². The lowest BCUT2D eigenvalue weighted by molar-refractivity contribution is 0.140. The molecule has 0 aliphatic carbocycles. The molecule has 0 unspecified atom stereocenters. The number of hydrogen-bond donors (Lipinski definition) is 1. The lowest BCUT2D eigenvalue weighted by Gasteiger charge is -2.37. The van der Waals surface area contributed by atoms with Gasteiger partial charge < -0.3 is 9.88 Å². The van der Waals surface area contributed by atoms with E-state index in [4.69, 9.17) is 0 Å². The van der Waals surface area contributed by atoms with Crippen LogP contribution in [0.4, 0.5) is 0 Å². The standard InChI is InChI=1S/C10H19N5/c1-4-15(9-5-11-6-9)7-10-13-12-8(2)14(10)3/h9,11H,4-7H2,1-3H3. The van der Waals surface area contributed by atoms with Crippen LogP contribution in [0.1, 0.15) is 18.6 Å². The summed E-state index contributed by atoms with van der Waals surface area (Å²) in [5.41, 5.74) is 0. The van der Waals surface area contributed by atoms with Gasteiger partial charge in [-0.3, -0.25) is 4.90 Å². The highest BCUT2D eigenvalue weighted by atomic mass is 15.3. The molecule has 0 saturated carbocycles. The van der Waals surface area contributed by atoms with E-state index in [9.17, 15) is 0 Å². The summed E-state index contributed by atoms with van der Waals surface area (Å²) in [6, 6.07) is 0.673. The van der Waals surface area contributed by atoms with E-state index >= 15 is 0 Å². The number of nitrogens with zero attached hydrogens (tertiary/aromatic N) is 4. The van der Waals surface area contributed by atoms with Gasteiger partial charge in [-0.05, 0) is 13.5 Å². The summed E-state index contributed by atoms with van der Waals surface area (Å²) in [5, 5.41) is 11.6. The molecular formula is C10H19N5. The van der Waals surface area contributed by atoms with Crippen LogP contribution in [0.3, 0.4) is 0 Å². The van der Waals surface area contributed by atoms with Crippen molar-refractivity contribution in [2.45, 2.75) is 26.4 Å². The minimum atomic E-state index is 0.673. The molecule has 15 heavy (non-hydrogen) atoms. The summed E-state index contributed by atoms with van der Waals surface area (Å²) in [4.78, 5) is 2.44. The Hall–Kier alpha value is -0.940. The van der Waals surface area contributed by atoms with Crippen LogP contribution >= 0.6 is 0 Å². The highest BCUT2D eigenvalue weighted by Crippen LogP contribution is 2.09. The Morgan fingerprint density at radius 3 is 2.60 bits per heavy atom. The summed E-state index contributed by atoms with van der Waals surface area (Å²) in [6.07, 6.45) is 0. The molecule has 1 aliphatic heterocycles. The summed E-state index contributed by atoms with van der Waals surface area (Å²) in [5.74, 6) is 2.04.